The number of nitrogens with one attached hydrogen (secondary N) is 1. The lowest BCUT2D eigenvalue weighted by atomic mass is 10.0. The first kappa shape index (κ1) is 20.8. The van der Waals surface area contributed by atoms with Crippen molar-refractivity contribution in [2.24, 2.45) is 0 Å². The van der Waals surface area contributed by atoms with Crippen molar-refractivity contribution in [2.75, 3.05) is 11.9 Å². The van der Waals surface area contributed by atoms with Gasteiger partial charge in [-0.1, -0.05) is 0 Å². The smallest absolute Gasteiger partial charge is 0.483 e. The maximum Gasteiger partial charge on any atom is 0.573 e. The fourth-order valence-electron chi connectivity index (χ4n) is 3.70. The van der Waals surface area contributed by atoms with E-state index in [1.807, 2.05) is 6.92 Å². The van der Waals surface area contributed by atoms with Crippen molar-refractivity contribution in [3.8, 4) is 11.5 Å². The summed E-state index contributed by atoms with van der Waals surface area (Å²) >= 11 is 0. The second-order valence-corrected chi connectivity index (χ2v) is 7.25. The summed E-state index contributed by atoms with van der Waals surface area (Å²) in [4.78, 5) is 24.5. The first-order chi connectivity index (χ1) is 14.7. The van der Waals surface area contributed by atoms with Gasteiger partial charge in [0.05, 0.1) is 5.39 Å². The van der Waals surface area contributed by atoms with Crippen LogP contribution in [0, 0.1) is 6.92 Å². The van der Waals surface area contributed by atoms with Gasteiger partial charge in [-0.15, -0.1) is 13.2 Å². The quantitative estimate of drug-likeness (QED) is 0.600. The summed E-state index contributed by atoms with van der Waals surface area (Å²) in [5.74, 6) is -0.433. The van der Waals surface area contributed by atoms with Crippen molar-refractivity contribution in [1.29, 1.82) is 0 Å². The number of carbonyl (C=O) groups is 1. The van der Waals surface area contributed by atoms with Crippen LogP contribution >= 0.6 is 0 Å². The number of carbonyl (C=O) groups excluding carboxylic acids is 1. The number of fused-ring (bicyclic) bond motifs is 3. The zero-order valence-corrected chi connectivity index (χ0v) is 16.5. The lowest BCUT2D eigenvalue weighted by Gasteiger charge is -2.13. The molecule has 1 heterocycles. The number of benzene rings is 2. The van der Waals surface area contributed by atoms with Crippen LogP contribution in [0.25, 0.3) is 11.0 Å². The molecule has 1 amide bonds. The molecule has 9 heteroatoms. The number of rotatable bonds is 5. The van der Waals surface area contributed by atoms with E-state index in [4.69, 9.17) is 9.15 Å². The maximum atomic E-state index is 12.3. The number of anilines is 1. The first-order valence-corrected chi connectivity index (χ1v) is 9.57. The normalized spacial score (nSPS) is 13.2. The van der Waals surface area contributed by atoms with Crippen LogP contribution in [0.2, 0.25) is 0 Å². The molecule has 6 nitrogen and oxygen atoms in total. The van der Waals surface area contributed by atoms with Crippen LogP contribution in [0.3, 0.4) is 0 Å². The zero-order chi connectivity index (χ0) is 22.2. The van der Waals surface area contributed by atoms with E-state index in [9.17, 15) is 22.8 Å². The molecule has 1 aliphatic rings. The predicted molar refractivity (Wildman–Crippen MR) is 106 cm³/mol. The van der Waals surface area contributed by atoms with Gasteiger partial charge in [0, 0.05) is 11.3 Å². The Morgan fingerprint density at radius 1 is 1.13 bits per heavy atom. The minimum Gasteiger partial charge on any atom is -0.483 e. The van der Waals surface area contributed by atoms with E-state index in [1.165, 1.54) is 12.1 Å². The molecule has 3 aromatic rings. The lowest BCUT2D eigenvalue weighted by molar-refractivity contribution is -0.274. The van der Waals surface area contributed by atoms with Gasteiger partial charge in [0.2, 0.25) is 0 Å². The van der Waals surface area contributed by atoms with E-state index in [-0.39, 0.29) is 18.0 Å². The van der Waals surface area contributed by atoms with Gasteiger partial charge >= 0.3 is 12.0 Å². The van der Waals surface area contributed by atoms with Gasteiger partial charge in [0.25, 0.3) is 5.91 Å². The molecule has 1 aliphatic carbocycles. The van der Waals surface area contributed by atoms with Crippen LogP contribution in [0.15, 0.2) is 45.6 Å². The van der Waals surface area contributed by atoms with E-state index in [0.29, 0.717) is 34.4 Å². The molecule has 0 saturated heterocycles. The van der Waals surface area contributed by atoms with Crippen molar-refractivity contribution in [2.45, 2.75) is 32.5 Å². The van der Waals surface area contributed by atoms with Crippen LogP contribution in [0.4, 0.5) is 18.9 Å². The Bertz CT molecular complexity index is 1200. The SMILES string of the molecule is Cc1cc(OCC(=O)Nc2ccc(OC(F)(F)F)cc2)c2c3c(c(=O)oc2c1)CCC3. The minimum absolute atomic E-state index is 0.295. The molecule has 0 atom stereocenters. The van der Waals surface area contributed by atoms with Gasteiger partial charge in [0.15, 0.2) is 6.61 Å². The Morgan fingerprint density at radius 3 is 2.55 bits per heavy atom. The molecule has 0 spiro atoms. The highest BCUT2D eigenvalue weighted by Gasteiger charge is 2.31. The average Bonchev–Trinajstić information content (AvgIpc) is 3.16. The van der Waals surface area contributed by atoms with E-state index in [2.05, 4.69) is 10.1 Å². The van der Waals surface area contributed by atoms with E-state index in [1.54, 1.807) is 12.1 Å². The summed E-state index contributed by atoms with van der Waals surface area (Å²) in [6.07, 6.45) is -2.56. The Balaban J connectivity index is 1.49. The number of halogens is 3. The molecule has 0 saturated carbocycles. The van der Waals surface area contributed by atoms with Gasteiger partial charge < -0.3 is 19.2 Å². The van der Waals surface area contributed by atoms with Crippen molar-refractivity contribution >= 4 is 22.6 Å². The Hall–Kier alpha value is -3.49. The molecular formula is C22H18F3NO5. The molecule has 1 aromatic heterocycles. The molecule has 162 valence electrons. The predicted octanol–water partition coefficient (Wildman–Crippen LogP) is 4.51. The van der Waals surface area contributed by atoms with E-state index < -0.39 is 12.3 Å². The number of alkyl halides is 3. The second-order valence-electron chi connectivity index (χ2n) is 7.25. The third kappa shape index (κ3) is 4.65. The summed E-state index contributed by atoms with van der Waals surface area (Å²) in [6, 6.07) is 8.32. The van der Waals surface area contributed by atoms with Crippen molar-refractivity contribution < 1.29 is 31.9 Å². The van der Waals surface area contributed by atoms with Gasteiger partial charge in [-0.25, -0.2) is 4.79 Å². The highest BCUT2D eigenvalue weighted by molar-refractivity contribution is 5.93. The van der Waals surface area contributed by atoms with Crippen molar-refractivity contribution in [3.63, 3.8) is 0 Å². The highest BCUT2D eigenvalue weighted by Crippen LogP contribution is 2.35. The summed E-state index contributed by atoms with van der Waals surface area (Å²) in [7, 11) is 0. The fourth-order valence-corrected chi connectivity index (χ4v) is 3.70. The summed E-state index contributed by atoms with van der Waals surface area (Å²) < 4.78 is 51.7. The largest absolute Gasteiger partial charge is 0.573 e. The van der Waals surface area contributed by atoms with Crippen LogP contribution in [-0.4, -0.2) is 18.9 Å². The van der Waals surface area contributed by atoms with Crippen LogP contribution in [0.5, 0.6) is 11.5 Å². The highest BCUT2D eigenvalue weighted by atomic mass is 19.4. The van der Waals surface area contributed by atoms with Gasteiger partial charge in [-0.3, -0.25) is 4.79 Å². The van der Waals surface area contributed by atoms with Gasteiger partial charge in [-0.2, -0.15) is 0 Å². The molecule has 0 unspecified atom stereocenters. The van der Waals surface area contributed by atoms with Crippen LogP contribution < -0.4 is 20.4 Å². The molecule has 0 radical (unpaired) electrons. The molecule has 0 fully saturated rings. The third-order valence-electron chi connectivity index (χ3n) is 4.91. The molecule has 1 N–H and O–H groups in total. The molecule has 2 aromatic carbocycles. The molecule has 31 heavy (non-hydrogen) atoms. The minimum atomic E-state index is -4.78. The Labute approximate surface area is 174 Å². The molecule has 0 bridgehead atoms. The summed E-state index contributed by atoms with van der Waals surface area (Å²) in [6.45, 7) is 1.50. The first-order valence-electron chi connectivity index (χ1n) is 9.57. The lowest BCUT2D eigenvalue weighted by Crippen LogP contribution is -2.20. The summed E-state index contributed by atoms with van der Waals surface area (Å²) in [5, 5.41) is 3.25. The van der Waals surface area contributed by atoms with Gasteiger partial charge in [-0.05, 0) is 73.7 Å². The molecule has 0 aliphatic heterocycles. The number of hydrogen-bond acceptors (Lipinski definition) is 5. The third-order valence-corrected chi connectivity index (χ3v) is 4.91. The fraction of sp³-hybridized carbons (Fsp3) is 0.273. The topological polar surface area (TPSA) is 77.8 Å². The Kier molecular flexibility index (Phi) is 5.34. The van der Waals surface area contributed by atoms with Crippen molar-refractivity contribution in [1.82, 2.24) is 0 Å². The standard InChI is InChI=1S/C22H18F3NO5/c1-12-9-17(20-15-3-2-4-16(15)21(28)30-18(20)10-12)29-11-19(27)26-13-5-7-14(8-6-13)31-22(23,24)25/h5-10H,2-4,11H2,1H3,(H,26,27). The monoisotopic (exact) mass is 433 g/mol. The molecular weight excluding hydrogens is 415 g/mol. The second kappa shape index (κ2) is 7.98. The van der Waals surface area contributed by atoms with Crippen molar-refractivity contribution in [3.05, 3.63) is 63.5 Å². The number of ether oxygens (including phenoxy) is 2. The number of hydrogen-bond donors (Lipinski definition) is 1. The Morgan fingerprint density at radius 2 is 1.84 bits per heavy atom. The van der Waals surface area contributed by atoms with Gasteiger partial charge in [0.1, 0.15) is 17.1 Å². The summed E-state index contributed by atoms with van der Waals surface area (Å²) in [5.41, 5.74) is 2.72. The van der Waals surface area contributed by atoms with Crippen LogP contribution in [-0.2, 0) is 17.6 Å². The van der Waals surface area contributed by atoms with E-state index in [0.717, 1.165) is 36.1 Å². The molecule has 4 rings (SSSR count). The zero-order valence-electron chi connectivity index (χ0n) is 16.5. The average molecular weight is 433 g/mol. The maximum absolute atomic E-state index is 12.3. The number of aryl methyl sites for hydroxylation is 2. The van der Waals surface area contributed by atoms with E-state index >= 15 is 0 Å². The number of amides is 1. The van der Waals surface area contributed by atoms with Crippen LogP contribution in [0.1, 0.15) is 23.1 Å².